The second-order valence-electron chi connectivity index (χ2n) is 3.11. The number of halogens is 3. The third-order valence-electron chi connectivity index (χ3n) is 1.90. The smallest absolute Gasteiger partial charge is 0.160 e. The van der Waals surface area contributed by atoms with Gasteiger partial charge >= 0.3 is 0 Å². The van der Waals surface area contributed by atoms with Gasteiger partial charge in [0.1, 0.15) is 0 Å². The van der Waals surface area contributed by atoms with Gasteiger partial charge in [0.2, 0.25) is 0 Å². The quantitative estimate of drug-likeness (QED) is 0.459. The summed E-state index contributed by atoms with van der Waals surface area (Å²) in [5.41, 5.74) is 0.732. The highest BCUT2D eigenvalue weighted by atomic mass is 35.5. The monoisotopic (exact) mass is 247 g/mol. The standard InChI is InChI=1S/C11H12Cl2FN/c1-2-3-4-5-15-8-6-9(12)11(14)10(13)7-8/h2,6-7,15H,1,3-5H2. The summed E-state index contributed by atoms with van der Waals surface area (Å²) in [4.78, 5) is 0. The van der Waals surface area contributed by atoms with Crippen LogP contribution in [-0.4, -0.2) is 6.54 Å². The van der Waals surface area contributed by atoms with Crippen LogP contribution in [0.4, 0.5) is 10.1 Å². The lowest BCUT2D eigenvalue weighted by Gasteiger charge is -2.07. The lowest BCUT2D eigenvalue weighted by Crippen LogP contribution is -2.01. The average molecular weight is 248 g/mol. The van der Waals surface area contributed by atoms with Gasteiger partial charge in [-0.05, 0) is 25.0 Å². The molecule has 0 unspecified atom stereocenters. The van der Waals surface area contributed by atoms with Gasteiger partial charge in [0.25, 0.3) is 0 Å². The van der Waals surface area contributed by atoms with Crippen LogP contribution < -0.4 is 5.32 Å². The molecule has 0 bridgehead atoms. The molecule has 0 radical (unpaired) electrons. The average Bonchev–Trinajstić information content (AvgIpc) is 2.21. The zero-order chi connectivity index (χ0) is 11.3. The molecule has 4 heteroatoms. The van der Waals surface area contributed by atoms with Crippen LogP contribution in [0.25, 0.3) is 0 Å². The summed E-state index contributed by atoms with van der Waals surface area (Å²) in [5, 5.41) is 3.18. The van der Waals surface area contributed by atoms with Gasteiger partial charge in [-0.25, -0.2) is 4.39 Å². The van der Waals surface area contributed by atoms with Gasteiger partial charge in [0.15, 0.2) is 5.82 Å². The minimum absolute atomic E-state index is 0.0359. The minimum Gasteiger partial charge on any atom is -0.385 e. The summed E-state index contributed by atoms with van der Waals surface area (Å²) in [6, 6.07) is 3.05. The molecule has 0 aliphatic heterocycles. The lowest BCUT2D eigenvalue weighted by molar-refractivity contribution is 0.629. The molecule has 0 saturated heterocycles. The van der Waals surface area contributed by atoms with Gasteiger partial charge < -0.3 is 5.32 Å². The van der Waals surface area contributed by atoms with Crippen molar-refractivity contribution in [2.75, 3.05) is 11.9 Å². The van der Waals surface area contributed by atoms with Gasteiger partial charge in [0, 0.05) is 12.2 Å². The number of hydrogen-bond donors (Lipinski definition) is 1. The largest absolute Gasteiger partial charge is 0.385 e. The Kier molecular flexibility index (Phi) is 4.92. The molecule has 0 aromatic heterocycles. The van der Waals surface area contributed by atoms with Crippen molar-refractivity contribution in [3.63, 3.8) is 0 Å². The molecule has 0 aliphatic carbocycles. The normalized spacial score (nSPS) is 10.1. The van der Waals surface area contributed by atoms with Crippen LogP contribution in [0, 0.1) is 5.82 Å². The van der Waals surface area contributed by atoms with Crippen LogP contribution in [0.2, 0.25) is 10.0 Å². The first-order valence-corrected chi connectivity index (χ1v) is 5.40. The molecule has 1 rings (SSSR count). The highest BCUT2D eigenvalue weighted by Gasteiger charge is 2.06. The van der Waals surface area contributed by atoms with Crippen molar-refractivity contribution in [2.24, 2.45) is 0 Å². The summed E-state index contributed by atoms with van der Waals surface area (Å²) in [6.07, 6.45) is 3.76. The Morgan fingerprint density at radius 2 is 1.93 bits per heavy atom. The Bertz CT molecular complexity index is 329. The van der Waals surface area contributed by atoms with Crippen molar-refractivity contribution < 1.29 is 4.39 Å². The third kappa shape index (κ3) is 3.73. The summed E-state index contributed by atoms with van der Waals surface area (Å²) < 4.78 is 13.0. The first-order chi connectivity index (χ1) is 7.15. The highest BCUT2D eigenvalue weighted by molar-refractivity contribution is 6.35. The van der Waals surface area contributed by atoms with E-state index in [2.05, 4.69) is 11.9 Å². The van der Waals surface area contributed by atoms with Crippen LogP contribution >= 0.6 is 23.2 Å². The molecule has 0 fully saturated rings. The van der Waals surface area contributed by atoms with Gasteiger partial charge in [-0.2, -0.15) is 0 Å². The van der Waals surface area contributed by atoms with Gasteiger partial charge in [-0.1, -0.05) is 29.3 Å². The highest BCUT2D eigenvalue weighted by Crippen LogP contribution is 2.27. The molecule has 0 saturated carbocycles. The maximum atomic E-state index is 13.0. The van der Waals surface area contributed by atoms with Crippen LogP contribution in [0.5, 0.6) is 0 Å². The Labute approximate surface area is 98.9 Å². The molecule has 0 atom stereocenters. The Morgan fingerprint density at radius 1 is 1.33 bits per heavy atom. The molecule has 1 nitrogen and oxygen atoms in total. The van der Waals surface area contributed by atoms with Gasteiger partial charge in [-0.3, -0.25) is 0 Å². The van der Waals surface area contributed by atoms with Crippen LogP contribution in [0.1, 0.15) is 12.8 Å². The van der Waals surface area contributed by atoms with E-state index in [-0.39, 0.29) is 10.0 Å². The first kappa shape index (κ1) is 12.3. The molecule has 1 aromatic carbocycles. The predicted octanol–water partition coefficient (Wildman–Crippen LogP) is 4.51. The zero-order valence-electron chi connectivity index (χ0n) is 8.19. The molecular weight excluding hydrogens is 236 g/mol. The number of anilines is 1. The van der Waals surface area contributed by atoms with Crippen molar-refractivity contribution in [1.82, 2.24) is 0 Å². The van der Waals surface area contributed by atoms with E-state index in [1.54, 1.807) is 0 Å². The van der Waals surface area contributed by atoms with Crippen LogP contribution in [0.3, 0.4) is 0 Å². The van der Waals surface area contributed by atoms with E-state index < -0.39 is 5.82 Å². The van der Waals surface area contributed by atoms with E-state index in [0.29, 0.717) is 0 Å². The second-order valence-corrected chi connectivity index (χ2v) is 3.93. The molecule has 0 spiro atoms. The topological polar surface area (TPSA) is 12.0 Å². The zero-order valence-corrected chi connectivity index (χ0v) is 9.71. The first-order valence-electron chi connectivity index (χ1n) is 4.64. The summed E-state index contributed by atoms with van der Waals surface area (Å²) in [5.74, 6) is -0.574. The van der Waals surface area contributed by atoms with Gasteiger partial charge in [-0.15, -0.1) is 6.58 Å². The fourth-order valence-corrected chi connectivity index (χ4v) is 1.62. The molecule has 15 heavy (non-hydrogen) atoms. The molecule has 0 heterocycles. The Balaban J connectivity index is 2.58. The van der Waals surface area contributed by atoms with Crippen molar-refractivity contribution in [3.8, 4) is 0 Å². The SMILES string of the molecule is C=CCCCNc1cc(Cl)c(F)c(Cl)c1. The number of hydrogen-bond acceptors (Lipinski definition) is 1. The molecule has 82 valence electrons. The Morgan fingerprint density at radius 3 is 2.47 bits per heavy atom. The van der Waals surface area contributed by atoms with Crippen molar-refractivity contribution >= 4 is 28.9 Å². The summed E-state index contributed by atoms with van der Waals surface area (Å²) >= 11 is 11.3. The molecular formula is C11H12Cl2FN. The van der Waals surface area contributed by atoms with Crippen molar-refractivity contribution in [2.45, 2.75) is 12.8 Å². The van der Waals surface area contributed by atoms with E-state index in [0.717, 1.165) is 25.1 Å². The lowest BCUT2D eigenvalue weighted by atomic mass is 10.2. The second kappa shape index (κ2) is 5.99. The summed E-state index contributed by atoms with van der Waals surface area (Å²) in [7, 11) is 0. The summed E-state index contributed by atoms with van der Waals surface area (Å²) in [6.45, 7) is 4.41. The molecule has 1 N–H and O–H groups in total. The van der Waals surface area contributed by atoms with Gasteiger partial charge in [0.05, 0.1) is 10.0 Å². The minimum atomic E-state index is -0.574. The Hall–Kier alpha value is -0.730. The molecule has 0 aliphatic rings. The van der Waals surface area contributed by atoms with Crippen molar-refractivity contribution in [1.29, 1.82) is 0 Å². The fourth-order valence-electron chi connectivity index (χ4n) is 1.14. The maximum Gasteiger partial charge on any atom is 0.160 e. The third-order valence-corrected chi connectivity index (χ3v) is 2.45. The van der Waals surface area contributed by atoms with E-state index in [9.17, 15) is 4.39 Å². The number of allylic oxidation sites excluding steroid dienone is 1. The molecule has 0 amide bonds. The predicted molar refractivity (Wildman–Crippen MR) is 64.3 cm³/mol. The van der Waals surface area contributed by atoms with E-state index >= 15 is 0 Å². The number of unbranched alkanes of at least 4 members (excludes halogenated alkanes) is 1. The van der Waals surface area contributed by atoms with Crippen molar-refractivity contribution in [3.05, 3.63) is 40.7 Å². The number of benzene rings is 1. The van der Waals surface area contributed by atoms with Crippen LogP contribution in [0.15, 0.2) is 24.8 Å². The van der Waals surface area contributed by atoms with E-state index in [1.165, 1.54) is 12.1 Å². The number of nitrogens with one attached hydrogen (secondary N) is 1. The molecule has 1 aromatic rings. The maximum absolute atomic E-state index is 13.0. The fraction of sp³-hybridized carbons (Fsp3) is 0.273. The van der Waals surface area contributed by atoms with E-state index in [1.807, 2.05) is 6.08 Å². The van der Waals surface area contributed by atoms with Crippen LogP contribution in [-0.2, 0) is 0 Å². The van der Waals surface area contributed by atoms with E-state index in [4.69, 9.17) is 23.2 Å². The number of rotatable bonds is 5.